The van der Waals surface area contributed by atoms with E-state index in [1.807, 2.05) is 7.05 Å². The van der Waals surface area contributed by atoms with Crippen LogP contribution in [-0.2, 0) is 10.0 Å². The molecule has 0 saturated heterocycles. The molecule has 0 saturated carbocycles. The van der Waals surface area contributed by atoms with Crippen molar-refractivity contribution >= 4 is 10.0 Å². The Hall–Kier alpha value is -0.130. The van der Waals surface area contributed by atoms with Crippen LogP contribution >= 0.6 is 0 Å². The molecule has 0 atom stereocenters. The van der Waals surface area contributed by atoms with Gasteiger partial charge in [0, 0.05) is 6.54 Å². The second-order valence-electron chi connectivity index (χ2n) is 2.95. The lowest BCUT2D eigenvalue weighted by molar-refractivity contribution is 0.568. The summed E-state index contributed by atoms with van der Waals surface area (Å²) in [6.07, 6.45) is 0.822. The van der Waals surface area contributed by atoms with E-state index >= 15 is 0 Å². The summed E-state index contributed by atoms with van der Waals surface area (Å²) in [4.78, 5) is 0. The molecule has 0 aliphatic heterocycles. The van der Waals surface area contributed by atoms with Gasteiger partial charge in [-0.25, -0.2) is 13.1 Å². The summed E-state index contributed by atoms with van der Waals surface area (Å²) in [5.41, 5.74) is 0. The number of rotatable bonds is 6. The molecule has 12 heavy (non-hydrogen) atoms. The molecular weight excluding hydrogens is 176 g/mol. The number of hydrogen-bond donors (Lipinski definition) is 2. The number of hydrogen-bond acceptors (Lipinski definition) is 3. The van der Waals surface area contributed by atoms with Gasteiger partial charge in [0.05, 0.1) is 5.25 Å². The molecule has 0 radical (unpaired) electrons. The van der Waals surface area contributed by atoms with Gasteiger partial charge in [0.2, 0.25) is 10.0 Å². The Labute approximate surface area is 74.8 Å². The van der Waals surface area contributed by atoms with Gasteiger partial charge in [0.1, 0.15) is 0 Å². The smallest absolute Gasteiger partial charge is 0.213 e. The fourth-order valence-electron chi connectivity index (χ4n) is 0.646. The molecule has 0 aromatic heterocycles. The average Bonchev–Trinajstić information content (AvgIpc) is 1.98. The van der Waals surface area contributed by atoms with Gasteiger partial charge in [-0.2, -0.15) is 0 Å². The van der Waals surface area contributed by atoms with Crippen LogP contribution < -0.4 is 10.0 Å². The normalized spacial score (nSPS) is 12.3. The van der Waals surface area contributed by atoms with Crippen molar-refractivity contribution < 1.29 is 8.42 Å². The van der Waals surface area contributed by atoms with Crippen LogP contribution in [0.3, 0.4) is 0 Å². The molecule has 5 heteroatoms. The van der Waals surface area contributed by atoms with Crippen molar-refractivity contribution in [2.45, 2.75) is 25.5 Å². The van der Waals surface area contributed by atoms with Crippen LogP contribution in [0.15, 0.2) is 0 Å². The lowest BCUT2D eigenvalue weighted by atomic mass is 10.4. The van der Waals surface area contributed by atoms with Gasteiger partial charge >= 0.3 is 0 Å². The third-order valence-corrected chi connectivity index (χ3v) is 3.38. The fraction of sp³-hybridized carbons (Fsp3) is 1.00. The van der Waals surface area contributed by atoms with Crippen molar-refractivity contribution in [1.82, 2.24) is 10.0 Å². The van der Waals surface area contributed by atoms with Gasteiger partial charge < -0.3 is 5.32 Å². The Bertz CT molecular complexity index is 199. The first-order valence-electron chi connectivity index (χ1n) is 4.13. The fourth-order valence-corrected chi connectivity index (χ4v) is 1.41. The molecule has 0 unspecified atom stereocenters. The van der Waals surface area contributed by atoms with E-state index in [9.17, 15) is 8.42 Å². The summed E-state index contributed by atoms with van der Waals surface area (Å²) < 4.78 is 24.8. The van der Waals surface area contributed by atoms with Gasteiger partial charge in [0.15, 0.2) is 0 Å². The molecule has 0 aliphatic rings. The molecule has 2 N–H and O–H groups in total. The van der Waals surface area contributed by atoms with Crippen molar-refractivity contribution in [2.75, 3.05) is 20.1 Å². The zero-order chi connectivity index (χ0) is 9.61. The highest BCUT2D eigenvalue weighted by Gasteiger charge is 2.13. The first kappa shape index (κ1) is 11.9. The molecule has 0 aliphatic carbocycles. The topological polar surface area (TPSA) is 58.2 Å². The van der Waals surface area contributed by atoms with Crippen molar-refractivity contribution in [3.05, 3.63) is 0 Å². The van der Waals surface area contributed by atoms with E-state index in [1.165, 1.54) is 0 Å². The predicted octanol–water partition coefficient (Wildman–Crippen LogP) is -0.0763. The standard InChI is InChI=1S/C7H18N2O2S/c1-7(2)12(10,11)9-6-4-5-8-3/h7-9H,4-6H2,1-3H3. The van der Waals surface area contributed by atoms with E-state index in [1.54, 1.807) is 13.8 Å². The summed E-state index contributed by atoms with van der Waals surface area (Å²) in [6.45, 7) is 4.68. The SMILES string of the molecule is CNCCCNS(=O)(=O)C(C)C. The van der Waals surface area contributed by atoms with Gasteiger partial charge in [-0.1, -0.05) is 0 Å². The first-order chi connectivity index (χ1) is 5.50. The van der Waals surface area contributed by atoms with E-state index in [2.05, 4.69) is 10.0 Å². The Morgan fingerprint density at radius 1 is 1.25 bits per heavy atom. The minimum Gasteiger partial charge on any atom is -0.320 e. The largest absolute Gasteiger partial charge is 0.320 e. The molecule has 0 fully saturated rings. The van der Waals surface area contributed by atoms with Gasteiger partial charge in [-0.05, 0) is 33.9 Å². The molecule has 0 heterocycles. The molecule has 0 spiro atoms. The van der Waals surface area contributed by atoms with Crippen LogP contribution in [-0.4, -0.2) is 33.8 Å². The highest BCUT2D eigenvalue weighted by molar-refractivity contribution is 7.90. The van der Waals surface area contributed by atoms with Crippen LogP contribution in [0.25, 0.3) is 0 Å². The Morgan fingerprint density at radius 3 is 2.25 bits per heavy atom. The van der Waals surface area contributed by atoms with Crippen molar-refractivity contribution in [3.63, 3.8) is 0 Å². The monoisotopic (exact) mass is 194 g/mol. The molecule has 0 amide bonds. The quantitative estimate of drug-likeness (QED) is 0.582. The lowest BCUT2D eigenvalue weighted by Gasteiger charge is -2.08. The first-order valence-corrected chi connectivity index (χ1v) is 5.68. The van der Waals surface area contributed by atoms with Gasteiger partial charge in [-0.3, -0.25) is 0 Å². The zero-order valence-electron chi connectivity index (χ0n) is 7.92. The summed E-state index contributed by atoms with van der Waals surface area (Å²) in [5, 5.41) is 2.61. The summed E-state index contributed by atoms with van der Waals surface area (Å²) in [7, 11) is -1.21. The highest BCUT2D eigenvalue weighted by Crippen LogP contribution is 1.94. The lowest BCUT2D eigenvalue weighted by Crippen LogP contribution is -2.32. The van der Waals surface area contributed by atoms with Crippen LogP contribution in [0.4, 0.5) is 0 Å². The minimum absolute atomic E-state index is 0.341. The van der Waals surface area contributed by atoms with E-state index in [0.29, 0.717) is 6.54 Å². The maximum atomic E-state index is 11.2. The minimum atomic E-state index is -3.06. The van der Waals surface area contributed by atoms with Crippen LogP contribution in [0.5, 0.6) is 0 Å². The van der Waals surface area contributed by atoms with E-state index in [0.717, 1.165) is 13.0 Å². The Balaban J connectivity index is 3.63. The van der Waals surface area contributed by atoms with E-state index in [4.69, 9.17) is 0 Å². The third-order valence-electron chi connectivity index (χ3n) is 1.53. The Kier molecular flexibility index (Phi) is 5.44. The van der Waals surface area contributed by atoms with E-state index in [-0.39, 0.29) is 5.25 Å². The molecule has 0 rings (SSSR count). The molecular formula is C7H18N2O2S. The predicted molar refractivity (Wildman–Crippen MR) is 50.6 cm³/mol. The van der Waals surface area contributed by atoms with Crippen molar-refractivity contribution in [1.29, 1.82) is 0 Å². The molecule has 4 nitrogen and oxygen atoms in total. The summed E-state index contributed by atoms with van der Waals surface area (Å²) in [6, 6.07) is 0. The summed E-state index contributed by atoms with van der Waals surface area (Å²) >= 11 is 0. The number of nitrogens with one attached hydrogen (secondary N) is 2. The second-order valence-corrected chi connectivity index (χ2v) is 5.27. The third kappa shape index (κ3) is 4.69. The maximum absolute atomic E-state index is 11.2. The van der Waals surface area contributed by atoms with Crippen LogP contribution in [0.1, 0.15) is 20.3 Å². The van der Waals surface area contributed by atoms with Gasteiger partial charge in [-0.15, -0.1) is 0 Å². The highest BCUT2D eigenvalue weighted by atomic mass is 32.2. The Morgan fingerprint density at radius 2 is 1.83 bits per heavy atom. The van der Waals surface area contributed by atoms with Gasteiger partial charge in [0.25, 0.3) is 0 Å². The molecule has 0 bridgehead atoms. The second kappa shape index (κ2) is 5.50. The molecule has 0 aromatic rings. The molecule has 0 aromatic carbocycles. The maximum Gasteiger partial charge on any atom is 0.213 e. The average molecular weight is 194 g/mol. The zero-order valence-corrected chi connectivity index (χ0v) is 8.74. The summed E-state index contributed by atoms with van der Waals surface area (Å²) in [5.74, 6) is 0. The van der Waals surface area contributed by atoms with E-state index < -0.39 is 10.0 Å². The van der Waals surface area contributed by atoms with Crippen molar-refractivity contribution in [2.24, 2.45) is 0 Å². The number of sulfonamides is 1. The van der Waals surface area contributed by atoms with Crippen LogP contribution in [0.2, 0.25) is 0 Å². The van der Waals surface area contributed by atoms with Crippen LogP contribution in [0, 0.1) is 0 Å². The van der Waals surface area contributed by atoms with Crippen molar-refractivity contribution in [3.8, 4) is 0 Å². The molecule has 74 valence electrons.